The van der Waals surface area contributed by atoms with Crippen molar-refractivity contribution in [3.63, 3.8) is 0 Å². The summed E-state index contributed by atoms with van der Waals surface area (Å²) in [4.78, 5) is 0. The van der Waals surface area contributed by atoms with Crippen molar-refractivity contribution in [1.29, 1.82) is 0 Å². The van der Waals surface area contributed by atoms with Crippen LogP contribution in [0.15, 0.2) is 0 Å². The fraction of sp³-hybridized carbons (Fsp3) is 1.00. The maximum atomic E-state index is 8.74. The minimum atomic E-state index is -0.154. The summed E-state index contributed by atoms with van der Waals surface area (Å²) in [6.07, 6.45) is 2.79. The molecule has 1 atom stereocenters. The van der Waals surface area contributed by atoms with E-state index in [0.29, 0.717) is 5.88 Å². The van der Waals surface area contributed by atoms with Gasteiger partial charge in [0.05, 0.1) is 6.10 Å². The maximum absolute atomic E-state index is 8.74. The maximum Gasteiger partial charge on any atom is 0.0512 e. The van der Waals surface area contributed by atoms with Crippen LogP contribution in [0.4, 0.5) is 0 Å². The van der Waals surface area contributed by atoms with Gasteiger partial charge in [-0.3, -0.25) is 0 Å². The Balaban J connectivity index is 2.72. The molecule has 0 aromatic heterocycles. The molecule has 0 aromatic carbocycles. The lowest BCUT2D eigenvalue weighted by Gasteiger charge is -1.99. The zero-order chi connectivity index (χ0) is 6.41. The monoisotopic (exact) mass is 136 g/mol. The van der Waals surface area contributed by atoms with Gasteiger partial charge in [0.25, 0.3) is 0 Å². The normalized spacial score (nSPS) is 13.9. The minimum Gasteiger partial charge on any atom is -0.393 e. The standard InChI is InChI=1S/C6H13ClO/c1-6(8)4-2-3-5-7/h6,8H,2-5H2,1H3. The third-order valence-electron chi connectivity index (χ3n) is 1.01. The zero-order valence-corrected chi connectivity index (χ0v) is 5.99. The van der Waals surface area contributed by atoms with Gasteiger partial charge in [-0.25, -0.2) is 0 Å². The molecule has 1 nitrogen and oxygen atoms in total. The fourth-order valence-corrected chi connectivity index (χ4v) is 0.723. The number of hydrogen-bond donors (Lipinski definition) is 1. The average molecular weight is 137 g/mol. The van der Waals surface area contributed by atoms with Crippen LogP contribution in [-0.4, -0.2) is 17.1 Å². The van der Waals surface area contributed by atoms with Crippen LogP contribution in [-0.2, 0) is 0 Å². The van der Waals surface area contributed by atoms with Crippen molar-refractivity contribution in [1.82, 2.24) is 0 Å². The second-order valence-corrected chi connectivity index (χ2v) is 2.41. The Morgan fingerprint density at radius 1 is 1.50 bits per heavy atom. The largest absolute Gasteiger partial charge is 0.393 e. The van der Waals surface area contributed by atoms with E-state index in [-0.39, 0.29) is 6.10 Å². The molecule has 0 aromatic rings. The van der Waals surface area contributed by atoms with Crippen LogP contribution in [0.5, 0.6) is 0 Å². The van der Waals surface area contributed by atoms with Gasteiger partial charge in [-0.2, -0.15) is 0 Å². The number of aliphatic hydroxyl groups is 1. The van der Waals surface area contributed by atoms with Crippen molar-refractivity contribution in [2.24, 2.45) is 0 Å². The van der Waals surface area contributed by atoms with Crippen LogP contribution >= 0.6 is 11.6 Å². The molecule has 50 valence electrons. The molecule has 0 aliphatic heterocycles. The molecule has 0 spiro atoms. The van der Waals surface area contributed by atoms with E-state index >= 15 is 0 Å². The van der Waals surface area contributed by atoms with Crippen LogP contribution in [0.3, 0.4) is 0 Å². The highest BCUT2D eigenvalue weighted by molar-refractivity contribution is 6.17. The summed E-state index contributed by atoms with van der Waals surface area (Å²) in [5.74, 6) is 0.715. The molecule has 2 heteroatoms. The highest BCUT2D eigenvalue weighted by Crippen LogP contribution is 2.00. The topological polar surface area (TPSA) is 20.2 Å². The number of aliphatic hydroxyl groups excluding tert-OH is 1. The van der Waals surface area contributed by atoms with E-state index in [1.807, 2.05) is 0 Å². The lowest BCUT2D eigenvalue weighted by molar-refractivity contribution is 0.181. The minimum absolute atomic E-state index is 0.154. The molecule has 0 saturated carbocycles. The Hall–Kier alpha value is 0.250. The molecule has 0 aliphatic carbocycles. The average Bonchev–Trinajstić information content (AvgIpc) is 1.66. The Morgan fingerprint density at radius 3 is 2.50 bits per heavy atom. The van der Waals surface area contributed by atoms with Gasteiger partial charge in [0.1, 0.15) is 0 Å². The smallest absolute Gasteiger partial charge is 0.0512 e. The number of unbranched alkanes of at least 4 members (excludes halogenated alkanes) is 1. The SMILES string of the molecule is CC(O)CCCCCl. The molecule has 0 heterocycles. The highest BCUT2D eigenvalue weighted by atomic mass is 35.5. The van der Waals surface area contributed by atoms with E-state index < -0.39 is 0 Å². The van der Waals surface area contributed by atoms with E-state index in [2.05, 4.69) is 0 Å². The van der Waals surface area contributed by atoms with E-state index in [1.165, 1.54) is 0 Å². The molecule has 0 fully saturated rings. The second-order valence-electron chi connectivity index (χ2n) is 2.03. The zero-order valence-electron chi connectivity index (χ0n) is 5.23. The molecule has 0 radical (unpaired) electrons. The molecule has 8 heavy (non-hydrogen) atoms. The van der Waals surface area contributed by atoms with E-state index in [9.17, 15) is 0 Å². The quantitative estimate of drug-likeness (QED) is 0.462. The first kappa shape index (κ1) is 8.25. The van der Waals surface area contributed by atoms with Crippen LogP contribution in [0.1, 0.15) is 26.2 Å². The van der Waals surface area contributed by atoms with Crippen molar-refractivity contribution in [3.05, 3.63) is 0 Å². The van der Waals surface area contributed by atoms with Crippen LogP contribution in [0.25, 0.3) is 0 Å². The summed E-state index contributed by atoms with van der Waals surface area (Å²) in [5.41, 5.74) is 0. The van der Waals surface area contributed by atoms with E-state index in [1.54, 1.807) is 6.92 Å². The number of hydrogen-bond acceptors (Lipinski definition) is 1. The predicted octanol–water partition coefficient (Wildman–Crippen LogP) is 1.78. The Labute approximate surface area is 55.7 Å². The number of alkyl halides is 1. The van der Waals surface area contributed by atoms with Gasteiger partial charge in [0.15, 0.2) is 0 Å². The van der Waals surface area contributed by atoms with E-state index in [0.717, 1.165) is 19.3 Å². The molecular formula is C6H13ClO. The molecule has 1 N–H and O–H groups in total. The Morgan fingerprint density at radius 2 is 2.12 bits per heavy atom. The Bertz CT molecular complexity index is 45.8. The molecule has 0 rings (SSSR count). The summed E-state index contributed by atoms with van der Waals surface area (Å²) in [7, 11) is 0. The first-order valence-electron chi connectivity index (χ1n) is 3.01. The van der Waals surface area contributed by atoms with Gasteiger partial charge in [-0.1, -0.05) is 0 Å². The predicted molar refractivity (Wildman–Crippen MR) is 36.3 cm³/mol. The number of halogens is 1. The second kappa shape index (κ2) is 5.39. The summed E-state index contributed by atoms with van der Waals surface area (Å²) < 4.78 is 0. The van der Waals surface area contributed by atoms with Gasteiger partial charge >= 0.3 is 0 Å². The first-order valence-corrected chi connectivity index (χ1v) is 3.55. The lowest BCUT2D eigenvalue weighted by atomic mass is 10.2. The lowest BCUT2D eigenvalue weighted by Crippen LogP contribution is -1.98. The third kappa shape index (κ3) is 6.25. The molecule has 1 unspecified atom stereocenters. The van der Waals surface area contributed by atoms with Gasteiger partial charge in [-0.15, -0.1) is 11.6 Å². The van der Waals surface area contributed by atoms with Crippen molar-refractivity contribution in [2.75, 3.05) is 5.88 Å². The Kier molecular flexibility index (Phi) is 5.56. The first-order chi connectivity index (χ1) is 3.77. The molecule has 0 aliphatic rings. The van der Waals surface area contributed by atoms with E-state index in [4.69, 9.17) is 16.7 Å². The summed E-state index contributed by atoms with van der Waals surface area (Å²) in [5, 5.41) is 8.74. The van der Waals surface area contributed by atoms with Crippen LogP contribution < -0.4 is 0 Å². The van der Waals surface area contributed by atoms with Gasteiger partial charge in [0, 0.05) is 5.88 Å². The molecule has 0 amide bonds. The molecule has 0 saturated heterocycles. The molecular weight excluding hydrogens is 124 g/mol. The summed E-state index contributed by atoms with van der Waals surface area (Å²) in [6.45, 7) is 1.80. The van der Waals surface area contributed by atoms with Crippen molar-refractivity contribution < 1.29 is 5.11 Å². The summed E-state index contributed by atoms with van der Waals surface area (Å²) >= 11 is 5.40. The highest BCUT2D eigenvalue weighted by Gasteiger charge is 1.92. The summed E-state index contributed by atoms with van der Waals surface area (Å²) in [6, 6.07) is 0. The van der Waals surface area contributed by atoms with Crippen molar-refractivity contribution in [3.8, 4) is 0 Å². The van der Waals surface area contributed by atoms with Crippen molar-refractivity contribution in [2.45, 2.75) is 32.3 Å². The number of rotatable bonds is 4. The van der Waals surface area contributed by atoms with Crippen molar-refractivity contribution >= 4 is 11.6 Å². The van der Waals surface area contributed by atoms with Crippen LogP contribution in [0, 0.1) is 0 Å². The fourth-order valence-electron chi connectivity index (χ4n) is 0.534. The third-order valence-corrected chi connectivity index (χ3v) is 1.27. The van der Waals surface area contributed by atoms with Crippen LogP contribution in [0.2, 0.25) is 0 Å². The van der Waals surface area contributed by atoms with Gasteiger partial charge in [-0.05, 0) is 26.2 Å². The van der Waals surface area contributed by atoms with Gasteiger partial charge in [0.2, 0.25) is 0 Å². The molecule has 0 bridgehead atoms. The van der Waals surface area contributed by atoms with Gasteiger partial charge < -0.3 is 5.11 Å².